The molecule has 0 radical (unpaired) electrons. The second kappa shape index (κ2) is 6.32. The lowest BCUT2D eigenvalue weighted by Gasteiger charge is -2.34. The summed E-state index contributed by atoms with van der Waals surface area (Å²) in [5.41, 5.74) is 4.41. The van der Waals surface area contributed by atoms with Crippen LogP contribution in [0.5, 0.6) is 0 Å². The summed E-state index contributed by atoms with van der Waals surface area (Å²) in [6.45, 7) is 0. The number of hydrogen-bond donors (Lipinski definition) is 0. The molecule has 0 amide bonds. The first-order valence-corrected chi connectivity index (χ1v) is 11.9. The van der Waals surface area contributed by atoms with Crippen molar-refractivity contribution in [3.63, 3.8) is 0 Å². The third-order valence-corrected chi connectivity index (χ3v) is 10.1. The van der Waals surface area contributed by atoms with E-state index in [9.17, 15) is 0 Å². The van der Waals surface area contributed by atoms with Crippen LogP contribution in [0.1, 0.15) is 43.6 Å². The van der Waals surface area contributed by atoms with Crippen LogP contribution in [0.25, 0.3) is 11.1 Å². The van der Waals surface area contributed by atoms with Crippen LogP contribution in [-0.4, -0.2) is 6.26 Å². The minimum Gasteiger partial charge on any atom is -0.162 e. The van der Waals surface area contributed by atoms with Gasteiger partial charge in [-0.25, -0.2) is 0 Å². The highest BCUT2D eigenvalue weighted by atomic mass is 32.3. The Morgan fingerprint density at radius 2 is 1.19 bits per heavy atom. The van der Waals surface area contributed by atoms with Crippen LogP contribution in [0.15, 0.2) is 87.5 Å². The average Bonchev–Trinajstić information content (AvgIpc) is 2.99. The van der Waals surface area contributed by atoms with E-state index in [1.54, 1.807) is 5.56 Å². The van der Waals surface area contributed by atoms with Crippen molar-refractivity contribution in [2.45, 2.75) is 52.7 Å². The zero-order chi connectivity index (χ0) is 17.6. The summed E-state index contributed by atoms with van der Waals surface area (Å²) in [6.07, 6.45) is 9.44. The van der Waals surface area contributed by atoms with Gasteiger partial charge in [0.1, 0.15) is 0 Å². The van der Waals surface area contributed by atoms with Gasteiger partial charge in [0.15, 0.2) is 0 Å². The highest BCUT2D eigenvalue weighted by Crippen LogP contribution is 2.73. The predicted octanol–water partition coefficient (Wildman–Crippen LogP) is 7.63. The molecule has 2 aliphatic rings. The van der Waals surface area contributed by atoms with Crippen LogP contribution in [0, 0.1) is 0 Å². The normalized spacial score (nSPS) is 19.6. The molecule has 1 heteroatoms. The minimum absolute atomic E-state index is 0.781. The van der Waals surface area contributed by atoms with Gasteiger partial charge in [-0.1, -0.05) is 67.8 Å². The van der Waals surface area contributed by atoms with Gasteiger partial charge >= 0.3 is 0 Å². The zero-order valence-corrected chi connectivity index (χ0v) is 16.3. The van der Waals surface area contributed by atoms with Gasteiger partial charge in [0.25, 0.3) is 0 Å². The maximum Gasteiger partial charge on any atom is 0.00582 e. The Hall–Kier alpha value is -1.99. The third-order valence-electron chi connectivity index (χ3n) is 6.37. The molecule has 26 heavy (non-hydrogen) atoms. The smallest absolute Gasteiger partial charge is 0.00582 e. The zero-order valence-electron chi connectivity index (χ0n) is 15.4. The molecule has 3 aromatic carbocycles. The summed E-state index contributed by atoms with van der Waals surface area (Å²) in [5, 5.41) is 0. The van der Waals surface area contributed by atoms with E-state index in [-0.39, 0.29) is 0 Å². The van der Waals surface area contributed by atoms with Crippen molar-refractivity contribution < 1.29 is 0 Å². The summed E-state index contributed by atoms with van der Waals surface area (Å²) in [4.78, 5) is 4.53. The van der Waals surface area contributed by atoms with Crippen LogP contribution in [-0.2, 0) is 0 Å². The van der Waals surface area contributed by atoms with E-state index in [2.05, 4.69) is 79.1 Å². The van der Waals surface area contributed by atoms with Crippen LogP contribution >= 0.6 is 10.0 Å². The summed E-state index contributed by atoms with van der Waals surface area (Å²) in [5.74, 6) is 0.781. The van der Waals surface area contributed by atoms with Crippen molar-refractivity contribution in [3.8, 4) is 11.1 Å². The molecule has 0 atom stereocenters. The fourth-order valence-corrected chi connectivity index (χ4v) is 8.27. The second-order valence-electron chi connectivity index (χ2n) is 7.81. The van der Waals surface area contributed by atoms with Crippen LogP contribution in [0.4, 0.5) is 0 Å². The molecule has 0 spiro atoms. The summed E-state index contributed by atoms with van der Waals surface area (Å²) in [6, 6.07) is 27.7. The Balaban J connectivity index is 1.61. The van der Waals surface area contributed by atoms with Crippen molar-refractivity contribution in [1.29, 1.82) is 0 Å². The van der Waals surface area contributed by atoms with Crippen molar-refractivity contribution in [3.05, 3.63) is 78.4 Å². The molecule has 0 bridgehead atoms. The molecule has 3 aromatic rings. The third kappa shape index (κ3) is 2.37. The van der Waals surface area contributed by atoms with E-state index in [1.165, 1.54) is 57.9 Å². The molecule has 1 aliphatic heterocycles. The Bertz CT molecular complexity index is 887. The van der Waals surface area contributed by atoms with Crippen LogP contribution < -0.4 is 0 Å². The first kappa shape index (κ1) is 16.2. The quantitative estimate of drug-likeness (QED) is 0.442. The van der Waals surface area contributed by atoms with Gasteiger partial charge in [-0.15, -0.1) is 0 Å². The molecule has 132 valence electrons. The van der Waals surface area contributed by atoms with Crippen molar-refractivity contribution in [2.24, 2.45) is 0 Å². The fourth-order valence-electron chi connectivity index (χ4n) is 4.91. The van der Waals surface area contributed by atoms with E-state index < -0.39 is 10.0 Å². The number of fused-ring (bicyclic) bond motifs is 3. The van der Waals surface area contributed by atoms with E-state index >= 15 is 0 Å². The summed E-state index contributed by atoms with van der Waals surface area (Å²) in [7, 11) is -1.15. The van der Waals surface area contributed by atoms with Gasteiger partial charge in [0, 0.05) is 9.79 Å². The fraction of sp³-hybridized carbons (Fsp3) is 0.280. The second-order valence-corrected chi connectivity index (χ2v) is 11.0. The molecule has 1 fully saturated rings. The summed E-state index contributed by atoms with van der Waals surface area (Å²) < 4.78 is 0. The van der Waals surface area contributed by atoms with Crippen molar-refractivity contribution in [1.82, 2.24) is 0 Å². The molecule has 0 nitrogen and oxygen atoms in total. The monoisotopic (exact) mass is 358 g/mol. The Labute approximate surface area is 158 Å². The molecule has 1 aliphatic carbocycles. The largest absolute Gasteiger partial charge is 0.162 e. The first-order chi connectivity index (χ1) is 12.8. The Kier molecular flexibility index (Phi) is 3.94. The molecule has 1 saturated carbocycles. The van der Waals surface area contributed by atoms with Crippen molar-refractivity contribution >= 4 is 10.0 Å². The maximum atomic E-state index is 2.48. The van der Waals surface area contributed by atoms with Gasteiger partial charge in [-0.05, 0) is 70.9 Å². The number of benzene rings is 3. The van der Waals surface area contributed by atoms with Gasteiger partial charge < -0.3 is 0 Å². The lowest BCUT2D eigenvalue weighted by Crippen LogP contribution is -2.05. The highest BCUT2D eigenvalue weighted by molar-refractivity contribution is 8.33. The van der Waals surface area contributed by atoms with Crippen molar-refractivity contribution in [2.75, 3.05) is 6.26 Å². The molecule has 1 heterocycles. The molecule has 0 unspecified atom stereocenters. The van der Waals surface area contributed by atoms with Gasteiger partial charge in [0.05, 0.1) is 0 Å². The SMILES string of the molecule is CS1(c2ccc(C3CCCCC3)cc2)c2ccccc2-c2ccccc21. The molecule has 0 aromatic heterocycles. The lowest BCUT2D eigenvalue weighted by atomic mass is 9.84. The molecule has 0 saturated heterocycles. The van der Waals surface area contributed by atoms with E-state index in [0.29, 0.717) is 0 Å². The number of rotatable bonds is 2. The van der Waals surface area contributed by atoms with Crippen LogP contribution in [0.3, 0.4) is 0 Å². The van der Waals surface area contributed by atoms with E-state index in [0.717, 1.165) is 5.92 Å². The highest BCUT2D eigenvalue weighted by Gasteiger charge is 2.36. The molecular weight excluding hydrogens is 332 g/mol. The predicted molar refractivity (Wildman–Crippen MR) is 112 cm³/mol. The molecule has 0 N–H and O–H groups in total. The Morgan fingerprint density at radius 1 is 0.654 bits per heavy atom. The van der Waals surface area contributed by atoms with Gasteiger partial charge in [-0.2, -0.15) is 10.0 Å². The standard InChI is InChI=1S/C25H26S/c1-26(21-17-15-20(16-18-21)19-9-3-2-4-10-19)24-13-7-5-11-22(24)23-12-6-8-14-25(23)26/h5-8,11-19H,2-4,9-10H2,1H3. The van der Waals surface area contributed by atoms with Gasteiger partial charge in [0.2, 0.25) is 0 Å². The van der Waals surface area contributed by atoms with E-state index in [1.807, 2.05) is 0 Å². The topological polar surface area (TPSA) is 0 Å². The lowest BCUT2D eigenvalue weighted by molar-refractivity contribution is 0.443. The molecule has 5 rings (SSSR count). The number of hydrogen-bond acceptors (Lipinski definition) is 0. The van der Waals surface area contributed by atoms with Crippen LogP contribution in [0.2, 0.25) is 0 Å². The van der Waals surface area contributed by atoms with Gasteiger partial charge in [-0.3, -0.25) is 0 Å². The minimum atomic E-state index is -1.15. The Morgan fingerprint density at radius 3 is 1.77 bits per heavy atom. The average molecular weight is 359 g/mol. The summed E-state index contributed by atoms with van der Waals surface area (Å²) >= 11 is 0. The van der Waals surface area contributed by atoms with E-state index in [4.69, 9.17) is 0 Å². The first-order valence-electron chi connectivity index (χ1n) is 9.85. The molecular formula is C25H26S. The maximum absolute atomic E-state index is 2.48.